The number of halogens is 2. The highest BCUT2D eigenvalue weighted by molar-refractivity contribution is 6.31. The smallest absolute Gasteiger partial charge is 0.0488 e. The Morgan fingerprint density at radius 1 is 0.840 bits per heavy atom. The van der Waals surface area contributed by atoms with E-state index in [0.717, 1.165) is 39.0 Å². The van der Waals surface area contributed by atoms with Gasteiger partial charge in [-0.3, -0.25) is 0 Å². The summed E-state index contributed by atoms with van der Waals surface area (Å²) in [4.78, 5) is 2.35. The lowest BCUT2D eigenvalue weighted by Crippen LogP contribution is -2.24. The predicted molar refractivity (Wildman–Crippen MR) is 110 cm³/mol. The van der Waals surface area contributed by atoms with Crippen LogP contribution in [0.5, 0.6) is 0 Å². The first kappa shape index (κ1) is 18.1. The SMILES string of the molecule is CC1=CC=C(N(c2ccc(Cl)cc2C)c2ccc(Cl)cc2C)C(C)C1. The Labute approximate surface area is 160 Å². The number of anilines is 2. The van der Waals surface area contributed by atoms with Crippen molar-refractivity contribution in [1.82, 2.24) is 0 Å². The van der Waals surface area contributed by atoms with Crippen molar-refractivity contribution in [2.45, 2.75) is 34.1 Å². The molecule has 1 aliphatic carbocycles. The van der Waals surface area contributed by atoms with Crippen LogP contribution in [0.25, 0.3) is 0 Å². The van der Waals surface area contributed by atoms with Gasteiger partial charge in [0.25, 0.3) is 0 Å². The summed E-state index contributed by atoms with van der Waals surface area (Å²) in [5.74, 6) is 0.440. The molecule has 0 fully saturated rings. The van der Waals surface area contributed by atoms with Crippen molar-refractivity contribution in [3.63, 3.8) is 0 Å². The first-order valence-electron chi connectivity index (χ1n) is 8.56. The van der Waals surface area contributed by atoms with Crippen molar-refractivity contribution >= 4 is 34.6 Å². The maximum atomic E-state index is 6.19. The van der Waals surface area contributed by atoms with Gasteiger partial charge in [0.05, 0.1) is 0 Å². The molecule has 130 valence electrons. The predicted octanol–water partition coefficient (Wildman–Crippen LogP) is 7.62. The van der Waals surface area contributed by atoms with E-state index < -0.39 is 0 Å². The van der Waals surface area contributed by atoms with Crippen LogP contribution in [-0.4, -0.2) is 0 Å². The minimum Gasteiger partial charge on any atom is -0.313 e. The molecule has 0 aromatic heterocycles. The maximum absolute atomic E-state index is 6.19. The molecule has 2 aromatic carbocycles. The zero-order valence-corrected chi connectivity index (χ0v) is 16.6. The summed E-state index contributed by atoms with van der Waals surface area (Å²) in [5, 5.41) is 1.52. The second kappa shape index (κ2) is 7.27. The van der Waals surface area contributed by atoms with Crippen LogP contribution >= 0.6 is 23.2 Å². The molecular formula is C22H23Cl2N. The van der Waals surface area contributed by atoms with E-state index in [4.69, 9.17) is 23.2 Å². The van der Waals surface area contributed by atoms with Crippen LogP contribution in [0.4, 0.5) is 11.4 Å². The molecule has 1 nitrogen and oxygen atoms in total. The van der Waals surface area contributed by atoms with Crippen LogP contribution in [0.15, 0.2) is 59.8 Å². The van der Waals surface area contributed by atoms with E-state index in [2.05, 4.69) is 56.9 Å². The van der Waals surface area contributed by atoms with Gasteiger partial charge in [-0.05, 0) is 80.8 Å². The molecular weight excluding hydrogens is 349 g/mol. The molecule has 25 heavy (non-hydrogen) atoms. The molecule has 0 radical (unpaired) electrons. The van der Waals surface area contributed by atoms with Gasteiger partial charge in [0.15, 0.2) is 0 Å². The Morgan fingerprint density at radius 3 is 1.80 bits per heavy atom. The summed E-state index contributed by atoms with van der Waals surface area (Å²) in [6.45, 7) is 8.68. The number of aryl methyl sites for hydroxylation is 2. The normalized spacial score (nSPS) is 17.1. The highest BCUT2D eigenvalue weighted by Gasteiger charge is 2.24. The van der Waals surface area contributed by atoms with Crippen molar-refractivity contribution in [2.75, 3.05) is 4.90 Å². The molecule has 1 atom stereocenters. The van der Waals surface area contributed by atoms with Gasteiger partial charge in [-0.15, -0.1) is 0 Å². The molecule has 0 spiro atoms. The van der Waals surface area contributed by atoms with E-state index in [1.807, 2.05) is 24.3 Å². The van der Waals surface area contributed by atoms with Gasteiger partial charge in [0.2, 0.25) is 0 Å². The van der Waals surface area contributed by atoms with Gasteiger partial charge in [-0.25, -0.2) is 0 Å². The number of rotatable bonds is 3. The standard InChI is InChI=1S/C22H23Cl2N/c1-14-5-8-20(15(2)11-14)25(21-9-6-18(23)12-16(21)3)22-10-7-19(24)13-17(22)4/h5-10,12-13,15H,11H2,1-4H3. The van der Waals surface area contributed by atoms with Gasteiger partial charge < -0.3 is 4.90 Å². The average molecular weight is 372 g/mol. The van der Waals surface area contributed by atoms with Gasteiger partial charge >= 0.3 is 0 Å². The van der Waals surface area contributed by atoms with Gasteiger partial charge in [0, 0.05) is 33.0 Å². The molecule has 0 amide bonds. The van der Waals surface area contributed by atoms with Crippen molar-refractivity contribution in [3.05, 3.63) is 81.0 Å². The Bertz CT molecular complexity index is 813. The Balaban J connectivity index is 2.21. The summed E-state index contributed by atoms with van der Waals surface area (Å²) >= 11 is 12.4. The molecule has 0 bridgehead atoms. The van der Waals surface area contributed by atoms with Crippen LogP contribution in [-0.2, 0) is 0 Å². The van der Waals surface area contributed by atoms with Crippen molar-refractivity contribution in [2.24, 2.45) is 5.92 Å². The van der Waals surface area contributed by atoms with Crippen LogP contribution in [0.1, 0.15) is 31.4 Å². The van der Waals surface area contributed by atoms with E-state index in [1.54, 1.807) is 0 Å². The molecule has 0 saturated carbocycles. The van der Waals surface area contributed by atoms with E-state index in [9.17, 15) is 0 Å². The van der Waals surface area contributed by atoms with Crippen LogP contribution in [0.2, 0.25) is 10.0 Å². The van der Waals surface area contributed by atoms with Gasteiger partial charge in [0.1, 0.15) is 0 Å². The molecule has 3 heteroatoms. The number of hydrogen-bond donors (Lipinski definition) is 0. The average Bonchev–Trinajstić information content (AvgIpc) is 2.52. The van der Waals surface area contributed by atoms with Gasteiger partial charge in [-0.2, -0.15) is 0 Å². The first-order valence-corrected chi connectivity index (χ1v) is 9.32. The van der Waals surface area contributed by atoms with Crippen LogP contribution in [0, 0.1) is 19.8 Å². The number of hydrogen-bond acceptors (Lipinski definition) is 1. The Hall–Kier alpha value is -1.70. The largest absolute Gasteiger partial charge is 0.313 e. The summed E-state index contributed by atoms with van der Waals surface area (Å²) in [5.41, 5.74) is 7.32. The molecule has 2 aromatic rings. The molecule has 1 aliphatic rings. The molecule has 0 N–H and O–H groups in total. The second-order valence-electron chi connectivity index (χ2n) is 6.91. The number of benzene rings is 2. The topological polar surface area (TPSA) is 3.24 Å². The van der Waals surface area contributed by atoms with Crippen molar-refractivity contribution < 1.29 is 0 Å². The zero-order chi connectivity index (χ0) is 18.1. The zero-order valence-electron chi connectivity index (χ0n) is 15.1. The third-order valence-electron chi connectivity index (χ3n) is 4.73. The molecule has 0 heterocycles. The van der Waals surface area contributed by atoms with Crippen molar-refractivity contribution in [1.29, 1.82) is 0 Å². The van der Waals surface area contributed by atoms with Crippen LogP contribution in [0.3, 0.4) is 0 Å². The van der Waals surface area contributed by atoms with E-state index >= 15 is 0 Å². The lowest BCUT2D eigenvalue weighted by molar-refractivity contribution is 0.647. The fourth-order valence-corrected chi connectivity index (χ4v) is 3.94. The summed E-state index contributed by atoms with van der Waals surface area (Å²) in [6, 6.07) is 12.2. The minimum absolute atomic E-state index is 0.440. The maximum Gasteiger partial charge on any atom is 0.0488 e. The third-order valence-corrected chi connectivity index (χ3v) is 5.20. The fourth-order valence-electron chi connectivity index (χ4n) is 3.49. The lowest BCUT2D eigenvalue weighted by Gasteiger charge is -2.35. The summed E-state index contributed by atoms with van der Waals surface area (Å²) < 4.78 is 0. The van der Waals surface area contributed by atoms with E-state index in [1.165, 1.54) is 11.3 Å². The first-order chi connectivity index (χ1) is 11.9. The Kier molecular flexibility index (Phi) is 5.27. The fraction of sp³-hybridized carbons (Fsp3) is 0.273. The molecule has 3 rings (SSSR count). The Morgan fingerprint density at radius 2 is 1.36 bits per heavy atom. The second-order valence-corrected chi connectivity index (χ2v) is 7.78. The van der Waals surface area contributed by atoms with Crippen LogP contribution < -0.4 is 4.90 Å². The highest BCUT2D eigenvalue weighted by atomic mass is 35.5. The van der Waals surface area contributed by atoms with E-state index in [0.29, 0.717) is 5.92 Å². The van der Waals surface area contributed by atoms with E-state index in [-0.39, 0.29) is 0 Å². The highest BCUT2D eigenvalue weighted by Crippen LogP contribution is 2.40. The summed E-state index contributed by atoms with van der Waals surface area (Å²) in [7, 11) is 0. The molecule has 0 aliphatic heterocycles. The summed E-state index contributed by atoms with van der Waals surface area (Å²) in [6.07, 6.45) is 5.53. The monoisotopic (exact) mass is 371 g/mol. The molecule has 0 saturated heterocycles. The minimum atomic E-state index is 0.440. The van der Waals surface area contributed by atoms with Crippen molar-refractivity contribution in [3.8, 4) is 0 Å². The lowest BCUT2D eigenvalue weighted by atomic mass is 9.91. The molecule has 1 unspecified atom stereocenters. The number of allylic oxidation sites excluding steroid dienone is 4. The number of nitrogens with zero attached hydrogens (tertiary/aromatic N) is 1. The third kappa shape index (κ3) is 3.78. The quantitative estimate of drug-likeness (QED) is 0.536. The van der Waals surface area contributed by atoms with Gasteiger partial charge in [-0.1, -0.05) is 41.8 Å².